The molecule has 1 fully saturated rings. The number of hydrogen-bond donors (Lipinski definition) is 1. The molecule has 0 saturated heterocycles. The Morgan fingerprint density at radius 3 is 2.61 bits per heavy atom. The minimum absolute atomic E-state index is 0.0511. The number of rotatable bonds is 1. The van der Waals surface area contributed by atoms with Gasteiger partial charge >= 0.3 is 0 Å². The van der Waals surface area contributed by atoms with E-state index in [4.69, 9.17) is 0 Å². The Bertz CT molecular complexity index is 564. The molecule has 0 amide bonds. The highest BCUT2D eigenvalue weighted by molar-refractivity contribution is 5.86. The van der Waals surface area contributed by atoms with Crippen LogP contribution < -0.4 is 0 Å². The van der Waals surface area contributed by atoms with Gasteiger partial charge in [-0.3, -0.25) is 0 Å². The first-order valence-electron chi connectivity index (χ1n) is 6.62. The van der Waals surface area contributed by atoms with Crippen LogP contribution in [-0.2, 0) is 0 Å². The monoisotopic (exact) mass is 244 g/mol. The van der Waals surface area contributed by atoms with Gasteiger partial charge in [0, 0.05) is 11.5 Å². The van der Waals surface area contributed by atoms with Crippen molar-refractivity contribution in [2.24, 2.45) is 0 Å². The molecule has 2 atom stereocenters. The minimum atomic E-state index is -0.404. The Labute approximate surface area is 106 Å². The lowest BCUT2D eigenvalue weighted by molar-refractivity contribution is 0.105. The summed E-state index contributed by atoms with van der Waals surface area (Å²) in [6.45, 7) is 0. The number of aliphatic hydroxyl groups is 1. The van der Waals surface area contributed by atoms with Gasteiger partial charge in [0.2, 0.25) is 0 Å². The maximum atomic E-state index is 14.2. The van der Waals surface area contributed by atoms with Crippen LogP contribution in [0.15, 0.2) is 36.4 Å². The van der Waals surface area contributed by atoms with E-state index >= 15 is 0 Å². The van der Waals surface area contributed by atoms with E-state index < -0.39 is 6.10 Å². The molecular formula is C16H17FO. The van der Waals surface area contributed by atoms with Gasteiger partial charge in [0.25, 0.3) is 0 Å². The average Bonchev–Trinajstić information content (AvgIpc) is 2.40. The number of fused-ring (bicyclic) bond motifs is 1. The Hall–Kier alpha value is -1.41. The molecule has 0 aromatic heterocycles. The molecule has 0 bridgehead atoms. The zero-order valence-electron chi connectivity index (χ0n) is 10.3. The van der Waals surface area contributed by atoms with Gasteiger partial charge in [-0.25, -0.2) is 4.39 Å². The largest absolute Gasteiger partial charge is 0.392 e. The fraction of sp³-hybridized carbons (Fsp3) is 0.375. The van der Waals surface area contributed by atoms with Gasteiger partial charge in [0.05, 0.1) is 6.10 Å². The van der Waals surface area contributed by atoms with E-state index in [-0.39, 0.29) is 11.7 Å². The van der Waals surface area contributed by atoms with Crippen LogP contribution in [-0.4, -0.2) is 11.2 Å². The van der Waals surface area contributed by atoms with Crippen LogP contribution in [0.4, 0.5) is 4.39 Å². The third-order valence-corrected chi connectivity index (χ3v) is 4.02. The van der Waals surface area contributed by atoms with E-state index in [9.17, 15) is 9.50 Å². The van der Waals surface area contributed by atoms with Crippen LogP contribution in [0.5, 0.6) is 0 Å². The number of aliphatic hydroxyl groups excluding tert-OH is 1. The van der Waals surface area contributed by atoms with Crippen molar-refractivity contribution in [3.8, 4) is 0 Å². The van der Waals surface area contributed by atoms with Gasteiger partial charge < -0.3 is 5.11 Å². The summed E-state index contributed by atoms with van der Waals surface area (Å²) < 4.78 is 14.2. The smallest absolute Gasteiger partial charge is 0.127 e. The van der Waals surface area contributed by atoms with E-state index in [0.29, 0.717) is 5.56 Å². The number of halogens is 1. The molecule has 1 N–H and O–H groups in total. The van der Waals surface area contributed by atoms with Crippen LogP contribution in [0.3, 0.4) is 0 Å². The first-order chi connectivity index (χ1) is 8.77. The predicted octanol–water partition coefficient (Wildman–Crippen LogP) is 4.00. The fourth-order valence-electron chi connectivity index (χ4n) is 3.09. The SMILES string of the molecule is O[C@@H]1CCCC[C@@H]1c1c(F)ccc2ccccc12. The average molecular weight is 244 g/mol. The van der Waals surface area contributed by atoms with Crippen molar-refractivity contribution >= 4 is 10.8 Å². The zero-order valence-corrected chi connectivity index (χ0v) is 10.3. The lowest BCUT2D eigenvalue weighted by atomic mass is 9.80. The molecule has 2 aromatic rings. The van der Waals surface area contributed by atoms with Gasteiger partial charge in [0.1, 0.15) is 5.82 Å². The fourth-order valence-corrected chi connectivity index (χ4v) is 3.09. The molecule has 94 valence electrons. The highest BCUT2D eigenvalue weighted by Gasteiger charge is 2.28. The summed E-state index contributed by atoms with van der Waals surface area (Å²) in [6.07, 6.45) is 3.38. The molecule has 1 aliphatic carbocycles. The van der Waals surface area contributed by atoms with E-state index in [0.717, 1.165) is 36.5 Å². The van der Waals surface area contributed by atoms with Crippen molar-refractivity contribution in [3.05, 3.63) is 47.8 Å². The van der Waals surface area contributed by atoms with E-state index in [1.54, 1.807) is 0 Å². The van der Waals surface area contributed by atoms with Crippen molar-refractivity contribution in [2.75, 3.05) is 0 Å². The van der Waals surface area contributed by atoms with Gasteiger partial charge in [-0.05, 0) is 29.7 Å². The Morgan fingerprint density at radius 2 is 1.78 bits per heavy atom. The van der Waals surface area contributed by atoms with Crippen molar-refractivity contribution in [1.29, 1.82) is 0 Å². The van der Waals surface area contributed by atoms with E-state index in [2.05, 4.69) is 0 Å². The third kappa shape index (κ3) is 1.91. The molecule has 0 unspecified atom stereocenters. The van der Waals surface area contributed by atoms with E-state index in [1.807, 2.05) is 30.3 Å². The van der Waals surface area contributed by atoms with Crippen LogP contribution >= 0.6 is 0 Å². The molecule has 1 aliphatic rings. The van der Waals surface area contributed by atoms with Crippen molar-refractivity contribution < 1.29 is 9.50 Å². The van der Waals surface area contributed by atoms with Crippen LogP contribution in [0.25, 0.3) is 10.8 Å². The Kier molecular flexibility index (Phi) is 3.04. The molecule has 0 aliphatic heterocycles. The topological polar surface area (TPSA) is 20.2 Å². The molecule has 1 nitrogen and oxygen atoms in total. The summed E-state index contributed by atoms with van der Waals surface area (Å²) in [5, 5.41) is 12.1. The first-order valence-corrected chi connectivity index (χ1v) is 6.62. The molecule has 3 rings (SSSR count). The summed E-state index contributed by atoms with van der Waals surface area (Å²) in [6, 6.07) is 11.2. The summed E-state index contributed by atoms with van der Waals surface area (Å²) >= 11 is 0. The van der Waals surface area contributed by atoms with Crippen LogP contribution in [0.1, 0.15) is 37.2 Å². The van der Waals surface area contributed by atoms with Crippen LogP contribution in [0, 0.1) is 5.82 Å². The second-order valence-electron chi connectivity index (χ2n) is 5.14. The van der Waals surface area contributed by atoms with Gasteiger partial charge in [-0.15, -0.1) is 0 Å². The minimum Gasteiger partial charge on any atom is -0.392 e. The summed E-state index contributed by atoms with van der Waals surface area (Å²) in [5.41, 5.74) is 0.709. The Morgan fingerprint density at radius 1 is 1.00 bits per heavy atom. The zero-order chi connectivity index (χ0) is 12.5. The van der Waals surface area contributed by atoms with E-state index in [1.165, 1.54) is 6.07 Å². The first kappa shape index (κ1) is 11.7. The second-order valence-corrected chi connectivity index (χ2v) is 5.14. The number of hydrogen-bond acceptors (Lipinski definition) is 1. The molecule has 0 spiro atoms. The van der Waals surface area contributed by atoms with Crippen molar-refractivity contribution in [1.82, 2.24) is 0 Å². The third-order valence-electron chi connectivity index (χ3n) is 4.02. The predicted molar refractivity (Wildman–Crippen MR) is 71.1 cm³/mol. The highest BCUT2D eigenvalue weighted by Crippen LogP contribution is 2.38. The number of benzene rings is 2. The maximum absolute atomic E-state index is 14.2. The Balaban J connectivity index is 2.17. The molecule has 0 radical (unpaired) electrons. The summed E-state index contributed by atoms with van der Waals surface area (Å²) in [5.74, 6) is -0.232. The second kappa shape index (κ2) is 4.69. The van der Waals surface area contributed by atoms with Crippen molar-refractivity contribution in [2.45, 2.75) is 37.7 Å². The molecule has 1 saturated carbocycles. The van der Waals surface area contributed by atoms with Gasteiger partial charge in [0.15, 0.2) is 0 Å². The van der Waals surface area contributed by atoms with Gasteiger partial charge in [-0.1, -0.05) is 43.2 Å². The van der Waals surface area contributed by atoms with Gasteiger partial charge in [-0.2, -0.15) is 0 Å². The molecule has 18 heavy (non-hydrogen) atoms. The molecular weight excluding hydrogens is 227 g/mol. The quantitative estimate of drug-likeness (QED) is 0.804. The lowest BCUT2D eigenvalue weighted by Gasteiger charge is -2.29. The molecule has 0 heterocycles. The standard InChI is InChI=1S/C16H17FO/c17-14-10-9-11-5-1-2-6-12(11)16(14)13-7-3-4-8-15(13)18/h1-2,5-6,9-10,13,15,18H,3-4,7-8H2/t13-,15+/m0/s1. The summed E-state index contributed by atoms with van der Waals surface area (Å²) in [4.78, 5) is 0. The van der Waals surface area contributed by atoms with Crippen molar-refractivity contribution in [3.63, 3.8) is 0 Å². The lowest BCUT2D eigenvalue weighted by Crippen LogP contribution is -2.23. The maximum Gasteiger partial charge on any atom is 0.127 e. The normalized spacial score (nSPS) is 24.3. The van der Waals surface area contributed by atoms with Crippen LogP contribution in [0.2, 0.25) is 0 Å². The summed E-state index contributed by atoms with van der Waals surface area (Å²) in [7, 11) is 0. The molecule has 2 heteroatoms. The molecule has 2 aromatic carbocycles. The highest BCUT2D eigenvalue weighted by atomic mass is 19.1.